The van der Waals surface area contributed by atoms with Gasteiger partial charge in [-0.15, -0.1) is 11.3 Å². The second-order valence-corrected chi connectivity index (χ2v) is 10.6. The van der Waals surface area contributed by atoms with Gasteiger partial charge in [-0.1, -0.05) is 72.8 Å². The number of nitrogens with one attached hydrogen (secondary N) is 1. The molecular weight excluding hydrogens is 468 g/mol. The van der Waals surface area contributed by atoms with E-state index in [1.54, 1.807) is 6.07 Å². The molecule has 0 spiro atoms. The lowest BCUT2D eigenvalue weighted by Gasteiger charge is -2.39. The summed E-state index contributed by atoms with van der Waals surface area (Å²) in [6.45, 7) is 4.36. The molecular formula is C30H30N2O3S. The molecule has 1 aliphatic heterocycles. The third kappa shape index (κ3) is 5.06. The van der Waals surface area contributed by atoms with E-state index in [1.807, 2.05) is 11.0 Å². The number of piperidine rings is 1. The van der Waals surface area contributed by atoms with Crippen LogP contribution in [0.25, 0.3) is 10.8 Å². The molecule has 184 valence electrons. The minimum absolute atomic E-state index is 0.0797. The lowest BCUT2D eigenvalue weighted by atomic mass is 9.80. The van der Waals surface area contributed by atoms with Crippen LogP contribution in [0.1, 0.15) is 55.8 Å². The van der Waals surface area contributed by atoms with Gasteiger partial charge in [0.05, 0.1) is 4.88 Å². The number of carbonyl (C=O) groups excluding carboxylic acids is 1. The van der Waals surface area contributed by atoms with E-state index in [2.05, 4.69) is 79.0 Å². The van der Waals surface area contributed by atoms with Crippen molar-refractivity contribution in [1.29, 1.82) is 0 Å². The molecule has 1 aliphatic rings. The van der Waals surface area contributed by atoms with Gasteiger partial charge < -0.3 is 15.3 Å². The third-order valence-electron chi connectivity index (χ3n) is 7.27. The van der Waals surface area contributed by atoms with Crippen molar-refractivity contribution in [2.45, 2.75) is 25.3 Å². The van der Waals surface area contributed by atoms with Crippen molar-refractivity contribution in [3.8, 4) is 0 Å². The maximum Gasteiger partial charge on any atom is 0.345 e. The van der Waals surface area contributed by atoms with Gasteiger partial charge in [0.1, 0.15) is 4.88 Å². The number of nitrogens with zero attached hydrogens (tertiary/aromatic N) is 1. The standard InChI is InChI=1S/C30H30N2O3S/c1-20(24-13-7-11-21-10-5-6-12-25(21)24)31-18-23-16-17-32(19-26(23)22-8-3-2-4-9-22)29(33)27-14-15-28(36-27)30(34)35/h2-15,20,23,26,31H,16-19H2,1H3,(H,34,35)/t20-,23?,26?/m1/s1. The van der Waals surface area contributed by atoms with Gasteiger partial charge >= 0.3 is 5.97 Å². The molecule has 2 heterocycles. The zero-order chi connectivity index (χ0) is 25.1. The zero-order valence-corrected chi connectivity index (χ0v) is 21.1. The topological polar surface area (TPSA) is 69.6 Å². The number of hydrogen-bond acceptors (Lipinski definition) is 4. The summed E-state index contributed by atoms with van der Waals surface area (Å²) < 4.78 is 0. The fourth-order valence-electron chi connectivity index (χ4n) is 5.30. The van der Waals surface area contributed by atoms with Crippen molar-refractivity contribution in [2.24, 2.45) is 5.92 Å². The van der Waals surface area contributed by atoms with Crippen LogP contribution in [0.4, 0.5) is 0 Å². The van der Waals surface area contributed by atoms with Gasteiger partial charge in [-0.2, -0.15) is 0 Å². The lowest BCUT2D eigenvalue weighted by Crippen LogP contribution is -2.45. The van der Waals surface area contributed by atoms with Gasteiger partial charge in [-0.3, -0.25) is 4.79 Å². The van der Waals surface area contributed by atoms with E-state index in [1.165, 1.54) is 28.0 Å². The number of thiophene rings is 1. The smallest absolute Gasteiger partial charge is 0.345 e. The fourth-order valence-corrected chi connectivity index (χ4v) is 6.11. The van der Waals surface area contributed by atoms with E-state index < -0.39 is 5.97 Å². The number of fused-ring (bicyclic) bond motifs is 1. The summed E-state index contributed by atoms with van der Waals surface area (Å²) in [5.74, 6) is -0.489. The normalized spacial score (nSPS) is 18.8. The lowest BCUT2D eigenvalue weighted by molar-refractivity contribution is 0.0661. The molecule has 36 heavy (non-hydrogen) atoms. The Balaban J connectivity index is 1.32. The molecule has 2 N–H and O–H groups in total. The molecule has 0 radical (unpaired) electrons. The van der Waals surface area contributed by atoms with Crippen LogP contribution in [0.15, 0.2) is 84.9 Å². The van der Waals surface area contributed by atoms with Crippen LogP contribution in [-0.2, 0) is 0 Å². The molecule has 3 aromatic carbocycles. The Morgan fingerprint density at radius 1 is 0.972 bits per heavy atom. The molecule has 5 rings (SSSR count). The molecule has 1 aromatic heterocycles. The molecule has 0 saturated carbocycles. The monoisotopic (exact) mass is 498 g/mol. The molecule has 0 bridgehead atoms. The number of benzene rings is 3. The molecule has 2 unspecified atom stereocenters. The van der Waals surface area contributed by atoms with E-state index in [0.29, 0.717) is 23.9 Å². The van der Waals surface area contributed by atoms with Gasteiger partial charge in [0.15, 0.2) is 0 Å². The van der Waals surface area contributed by atoms with Crippen LogP contribution in [0, 0.1) is 5.92 Å². The van der Waals surface area contributed by atoms with Gasteiger partial charge in [0, 0.05) is 25.0 Å². The van der Waals surface area contributed by atoms with Crippen molar-refractivity contribution in [3.05, 3.63) is 106 Å². The summed E-state index contributed by atoms with van der Waals surface area (Å²) in [4.78, 5) is 27.1. The summed E-state index contributed by atoms with van der Waals surface area (Å²) in [6, 6.07) is 28.7. The van der Waals surface area contributed by atoms with Crippen LogP contribution >= 0.6 is 11.3 Å². The van der Waals surface area contributed by atoms with Crippen LogP contribution in [-0.4, -0.2) is 41.5 Å². The minimum Gasteiger partial charge on any atom is -0.477 e. The quantitative estimate of drug-likeness (QED) is 0.318. The number of aromatic carboxylic acids is 1. The first kappa shape index (κ1) is 24.2. The van der Waals surface area contributed by atoms with E-state index in [-0.39, 0.29) is 22.7 Å². The van der Waals surface area contributed by atoms with E-state index in [4.69, 9.17) is 0 Å². The Labute approximate surface area is 215 Å². The maximum atomic E-state index is 13.2. The highest BCUT2D eigenvalue weighted by Crippen LogP contribution is 2.34. The van der Waals surface area contributed by atoms with Crippen molar-refractivity contribution in [3.63, 3.8) is 0 Å². The Hall–Kier alpha value is -3.48. The number of likely N-dealkylation sites (tertiary alicyclic amines) is 1. The van der Waals surface area contributed by atoms with Gasteiger partial charge in [-0.25, -0.2) is 4.79 Å². The number of hydrogen-bond donors (Lipinski definition) is 2. The average molecular weight is 499 g/mol. The molecule has 0 aliphatic carbocycles. The molecule has 1 fully saturated rings. The van der Waals surface area contributed by atoms with Gasteiger partial charge in [0.25, 0.3) is 5.91 Å². The first-order chi connectivity index (χ1) is 17.5. The molecule has 4 aromatic rings. The Morgan fingerprint density at radius 3 is 2.47 bits per heavy atom. The second-order valence-electron chi connectivity index (χ2n) is 9.48. The Bertz CT molecular complexity index is 1360. The Morgan fingerprint density at radius 2 is 1.69 bits per heavy atom. The number of amides is 1. The summed E-state index contributed by atoms with van der Waals surface area (Å²) in [5, 5.41) is 15.5. The van der Waals surface area contributed by atoms with Crippen molar-refractivity contribution in [1.82, 2.24) is 10.2 Å². The van der Waals surface area contributed by atoms with Crippen LogP contribution in [0.2, 0.25) is 0 Å². The predicted octanol–water partition coefficient (Wildman–Crippen LogP) is 6.20. The van der Waals surface area contributed by atoms with Crippen LogP contribution < -0.4 is 5.32 Å². The number of rotatable bonds is 7. The summed E-state index contributed by atoms with van der Waals surface area (Å²) in [7, 11) is 0. The SMILES string of the molecule is C[C@@H](NCC1CCN(C(=O)c2ccc(C(=O)O)s2)CC1c1ccccc1)c1cccc2ccccc12. The molecule has 6 heteroatoms. The largest absolute Gasteiger partial charge is 0.477 e. The third-order valence-corrected chi connectivity index (χ3v) is 8.34. The number of carboxylic acids is 1. The molecule has 1 saturated heterocycles. The predicted molar refractivity (Wildman–Crippen MR) is 145 cm³/mol. The highest BCUT2D eigenvalue weighted by molar-refractivity contribution is 7.15. The minimum atomic E-state index is -0.994. The molecule has 1 amide bonds. The summed E-state index contributed by atoms with van der Waals surface area (Å²) >= 11 is 1.05. The fraction of sp³-hybridized carbons (Fsp3) is 0.267. The number of carboxylic acid groups (broad SMARTS) is 1. The highest BCUT2D eigenvalue weighted by atomic mass is 32.1. The Kier molecular flexibility index (Phi) is 7.16. The van der Waals surface area contributed by atoms with Crippen molar-refractivity contribution in [2.75, 3.05) is 19.6 Å². The first-order valence-electron chi connectivity index (χ1n) is 12.4. The maximum absolute atomic E-state index is 13.2. The van der Waals surface area contributed by atoms with E-state index in [9.17, 15) is 14.7 Å². The zero-order valence-electron chi connectivity index (χ0n) is 20.3. The van der Waals surface area contributed by atoms with Crippen molar-refractivity contribution < 1.29 is 14.7 Å². The van der Waals surface area contributed by atoms with Crippen LogP contribution in [0.3, 0.4) is 0 Å². The molecule has 5 nitrogen and oxygen atoms in total. The van der Waals surface area contributed by atoms with Crippen molar-refractivity contribution >= 4 is 34.0 Å². The van der Waals surface area contributed by atoms with Gasteiger partial charge in [0.2, 0.25) is 0 Å². The summed E-state index contributed by atoms with van der Waals surface area (Å²) in [5.41, 5.74) is 2.53. The van der Waals surface area contributed by atoms with Gasteiger partial charge in [-0.05, 0) is 59.8 Å². The van der Waals surface area contributed by atoms with E-state index in [0.717, 1.165) is 24.3 Å². The average Bonchev–Trinajstić information content (AvgIpc) is 3.42. The van der Waals surface area contributed by atoms with E-state index >= 15 is 0 Å². The van der Waals surface area contributed by atoms with Crippen LogP contribution in [0.5, 0.6) is 0 Å². The highest BCUT2D eigenvalue weighted by Gasteiger charge is 2.33. The molecule has 3 atom stereocenters. The second kappa shape index (κ2) is 10.6. The first-order valence-corrected chi connectivity index (χ1v) is 13.2. The summed E-state index contributed by atoms with van der Waals surface area (Å²) in [6.07, 6.45) is 0.887. The number of carbonyl (C=O) groups is 2.